The van der Waals surface area contributed by atoms with Crippen molar-refractivity contribution in [2.75, 3.05) is 0 Å². The molecule has 0 aromatic carbocycles. The molecule has 1 rings (SSSR count). The highest BCUT2D eigenvalue weighted by Gasteiger charge is 2.39. The largest absolute Gasteiger partial charge is 0.299 e. The summed E-state index contributed by atoms with van der Waals surface area (Å²) in [5, 5.41) is 0. The zero-order valence-electron chi connectivity index (χ0n) is 6.94. The Bertz CT molecular complexity index is 134. The smallest absolute Gasteiger partial charge is 0.135 e. The molecule has 1 nitrogen and oxygen atoms in total. The summed E-state index contributed by atoms with van der Waals surface area (Å²) >= 11 is 0. The highest BCUT2D eigenvalue weighted by Crippen LogP contribution is 2.45. The summed E-state index contributed by atoms with van der Waals surface area (Å²) in [6, 6.07) is 0. The highest BCUT2D eigenvalue weighted by atomic mass is 16.1. The molecule has 0 heterocycles. The number of ketones is 1. The highest BCUT2D eigenvalue weighted by molar-refractivity contribution is 5.83. The molecule has 1 fully saturated rings. The lowest BCUT2D eigenvalue weighted by atomic mass is 9.64. The van der Waals surface area contributed by atoms with Crippen LogP contribution in [-0.4, -0.2) is 5.78 Å². The van der Waals surface area contributed by atoms with E-state index in [0.29, 0.717) is 5.78 Å². The third-order valence-corrected chi connectivity index (χ3v) is 2.79. The molecule has 0 radical (unpaired) electrons. The standard InChI is InChI=1S/C9H16O/c1-3-5-9(8(2)10)6-4-7-9/h3-7H2,1-2H3. The molecule has 1 aliphatic carbocycles. The van der Waals surface area contributed by atoms with Gasteiger partial charge in [-0.05, 0) is 26.2 Å². The monoisotopic (exact) mass is 140 g/mol. The molecule has 0 bridgehead atoms. The number of carbonyl (C=O) groups excluding carboxylic acids is 1. The Morgan fingerprint density at radius 2 is 2.10 bits per heavy atom. The van der Waals surface area contributed by atoms with Gasteiger partial charge in [0.15, 0.2) is 0 Å². The summed E-state index contributed by atoms with van der Waals surface area (Å²) in [6.45, 7) is 3.90. The van der Waals surface area contributed by atoms with Crippen LogP contribution in [-0.2, 0) is 4.79 Å². The number of carbonyl (C=O) groups is 1. The Hall–Kier alpha value is -0.330. The van der Waals surface area contributed by atoms with E-state index in [2.05, 4.69) is 6.92 Å². The third kappa shape index (κ3) is 1.09. The fraction of sp³-hybridized carbons (Fsp3) is 0.889. The molecule has 0 spiro atoms. The first kappa shape index (κ1) is 7.77. The van der Waals surface area contributed by atoms with Crippen LogP contribution in [0.3, 0.4) is 0 Å². The summed E-state index contributed by atoms with van der Waals surface area (Å²) in [7, 11) is 0. The average Bonchev–Trinajstić information content (AvgIpc) is 1.77. The number of Topliss-reactive ketones (excluding diaryl/α,β-unsaturated/α-hetero) is 1. The first-order valence-corrected chi connectivity index (χ1v) is 4.22. The molecule has 58 valence electrons. The van der Waals surface area contributed by atoms with Gasteiger partial charge in [-0.1, -0.05) is 19.8 Å². The zero-order chi connectivity index (χ0) is 7.61. The Balaban J connectivity index is 2.50. The lowest BCUT2D eigenvalue weighted by Crippen LogP contribution is -2.36. The van der Waals surface area contributed by atoms with Crippen LogP contribution < -0.4 is 0 Å². The Morgan fingerprint density at radius 1 is 1.50 bits per heavy atom. The summed E-state index contributed by atoms with van der Waals surface area (Å²) in [5.74, 6) is 0.417. The van der Waals surface area contributed by atoms with Crippen LogP contribution in [0.15, 0.2) is 0 Å². The summed E-state index contributed by atoms with van der Waals surface area (Å²) < 4.78 is 0. The van der Waals surface area contributed by atoms with Gasteiger partial charge in [0, 0.05) is 5.41 Å². The van der Waals surface area contributed by atoms with Gasteiger partial charge >= 0.3 is 0 Å². The zero-order valence-corrected chi connectivity index (χ0v) is 6.94. The number of hydrogen-bond acceptors (Lipinski definition) is 1. The van der Waals surface area contributed by atoms with E-state index < -0.39 is 0 Å². The minimum Gasteiger partial charge on any atom is -0.299 e. The lowest BCUT2D eigenvalue weighted by molar-refractivity contribution is -0.131. The lowest BCUT2D eigenvalue weighted by Gasteiger charge is -2.39. The predicted octanol–water partition coefficient (Wildman–Crippen LogP) is 2.55. The van der Waals surface area contributed by atoms with Crippen molar-refractivity contribution >= 4 is 5.78 Å². The van der Waals surface area contributed by atoms with Crippen LogP contribution in [0.25, 0.3) is 0 Å². The van der Waals surface area contributed by atoms with Gasteiger partial charge in [-0.2, -0.15) is 0 Å². The summed E-state index contributed by atoms with van der Waals surface area (Å²) in [5.41, 5.74) is 0.134. The van der Waals surface area contributed by atoms with Crippen molar-refractivity contribution in [3.8, 4) is 0 Å². The quantitative estimate of drug-likeness (QED) is 0.588. The van der Waals surface area contributed by atoms with Crippen molar-refractivity contribution in [3.63, 3.8) is 0 Å². The molecule has 0 unspecified atom stereocenters. The van der Waals surface area contributed by atoms with Crippen LogP contribution in [0.5, 0.6) is 0 Å². The van der Waals surface area contributed by atoms with Crippen molar-refractivity contribution in [1.29, 1.82) is 0 Å². The summed E-state index contributed by atoms with van der Waals surface area (Å²) in [4.78, 5) is 11.1. The van der Waals surface area contributed by atoms with E-state index in [0.717, 1.165) is 25.7 Å². The maximum Gasteiger partial charge on any atom is 0.135 e. The Kier molecular flexibility index (Phi) is 2.12. The number of hydrogen-bond donors (Lipinski definition) is 0. The second-order valence-corrected chi connectivity index (χ2v) is 3.44. The molecular formula is C9H16O. The first-order chi connectivity index (χ1) is 4.71. The molecule has 0 aromatic rings. The maximum atomic E-state index is 11.1. The van der Waals surface area contributed by atoms with Gasteiger partial charge in [0.1, 0.15) is 5.78 Å². The molecular weight excluding hydrogens is 124 g/mol. The van der Waals surface area contributed by atoms with Crippen LogP contribution >= 0.6 is 0 Å². The molecule has 0 aromatic heterocycles. The molecule has 0 aliphatic heterocycles. The minimum atomic E-state index is 0.134. The van der Waals surface area contributed by atoms with Crippen molar-refractivity contribution in [2.24, 2.45) is 5.41 Å². The molecule has 0 saturated heterocycles. The molecule has 10 heavy (non-hydrogen) atoms. The van der Waals surface area contributed by atoms with E-state index in [1.807, 2.05) is 0 Å². The van der Waals surface area contributed by atoms with Crippen LogP contribution in [0, 0.1) is 5.41 Å². The van der Waals surface area contributed by atoms with Gasteiger partial charge in [0.2, 0.25) is 0 Å². The topological polar surface area (TPSA) is 17.1 Å². The SMILES string of the molecule is CCCC1(C(C)=O)CCC1. The molecule has 0 atom stereocenters. The van der Waals surface area contributed by atoms with E-state index >= 15 is 0 Å². The third-order valence-electron chi connectivity index (χ3n) is 2.79. The minimum absolute atomic E-state index is 0.134. The molecule has 1 heteroatoms. The van der Waals surface area contributed by atoms with E-state index in [9.17, 15) is 4.79 Å². The maximum absolute atomic E-state index is 11.1. The number of rotatable bonds is 3. The second-order valence-electron chi connectivity index (χ2n) is 3.44. The van der Waals surface area contributed by atoms with Crippen molar-refractivity contribution < 1.29 is 4.79 Å². The van der Waals surface area contributed by atoms with Gasteiger partial charge in [-0.15, -0.1) is 0 Å². The second kappa shape index (κ2) is 2.73. The fourth-order valence-electron chi connectivity index (χ4n) is 1.86. The van der Waals surface area contributed by atoms with Crippen LogP contribution in [0.1, 0.15) is 46.0 Å². The fourth-order valence-corrected chi connectivity index (χ4v) is 1.86. The predicted molar refractivity (Wildman–Crippen MR) is 41.9 cm³/mol. The normalized spacial score (nSPS) is 21.8. The molecule has 1 saturated carbocycles. The first-order valence-electron chi connectivity index (χ1n) is 4.22. The van der Waals surface area contributed by atoms with Crippen molar-refractivity contribution in [2.45, 2.75) is 46.0 Å². The Morgan fingerprint density at radius 3 is 2.20 bits per heavy atom. The van der Waals surface area contributed by atoms with Gasteiger partial charge in [0.25, 0.3) is 0 Å². The van der Waals surface area contributed by atoms with Gasteiger partial charge in [-0.3, -0.25) is 4.79 Å². The van der Waals surface area contributed by atoms with Crippen molar-refractivity contribution in [3.05, 3.63) is 0 Å². The average molecular weight is 140 g/mol. The van der Waals surface area contributed by atoms with Crippen LogP contribution in [0.4, 0.5) is 0 Å². The molecule has 0 N–H and O–H groups in total. The van der Waals surface area contributed by atoms with E-state index in [1.165, 1.54) is 6.42 Å². The van der Waals surface area contributed by atoms with E-state index in [4.69, 9.17) is 0 Å². The van der Waals surface area contributed by atoms with Gasteiger partial charge in [-0.25, -0.2) is 0 Å². The van der Waals surface area contributed by atoms with E-state index in [1.54, 1.807) is 6.92 Å². The summed E-state index contributed by atoms with van der Waals surface area (Å²) in [6.07, 6.45) is 5.83. The molecule has 1 aliphatic rings. The molecule has 0 amide bonds. The van der Waals surface area contributed by atoms with Crippen LogP contribution in [0.2, 0.25) is 0 Å². The van der Waals surface area contributed by atoms with E-state index in [-0.39, 0.29) is 5.41 Å². The Labute approximate surface area is 62.8 Å². The van der Waals surface area contributed by atoms with Crippen molar-refractivity contribution in [1.82, 2.24) is 0 Å². The van der Waals surface area contributed by atoms with Gasteiger partial charge in [0.05, 0.1) is 0 Å². The van der Waals surface area contributed by atoms with Gasteiger partial charge < -0.3 is 0 Å².